The van der Waals surface area contributed by atoms with Gasteiger partial charge < -0.3 is 5.32 Å². The second-order valence-corrected chi connectivity index (χ2v) is 7.56. The number of carbonyl (C=O) groups excluding carboxylic acids is 2. The molecular formula is C22H16F2N2O2S. The first-order valence-electron chi connectivity index (χ1n) is 8.87. The summed E-state index contributed by atoms with van der Waals surface area (Å²) in [5.74, 6) is -0.878. The van der Waals surface area contributed by atoms with Gasteiger partial charge in [-0.05, 0) is 66.2 Å². The Morgan fingerprint density at radius 2 is 1.62 bits per heavy atom. The lowest BCUT2D eigenvalue weighted by molar-refractivity contribution is -0.115. The summed E-state index contributed by atoms with van der Waals surface area (Å²) >= 11 is 1.46. The molecule has 1 heterocycles. The fraction of sp³-hybridized carbons (Fsp3) is 0.0909. The molecule has 1 fully saturated rings. The largest absolute Gasteiger partial charge is 0.322 e. The monoisotopic (exact) mass is 410 g/mol. The molecule has 4 rings (SSSR count). The highest BCUT2D eigenvalue weighted by Crippen LogP contribution is 2.42. The molecule has 146 valence electrons. The Labute approximate surface area is 170 Å². The van der Waals surface area contributed by atoms with Crippen LogP contribution < -0.4 is 10.2 Å². The summed E-state index contributed by atoms with van der Waals surface area (Å²) in [5.41, 5.74) is 2.36. The van der Waals surface area contributed by atoms with Crippen molar-refractivity contribution in [2.24, 2.45) is 0 Å². The van der Waals surface area contributed by atoms with Gasteiger partial charge in [0.15, 0.2) is 0 Å². The van der Waals surface area contributed by atoms with E-state index in [0.717, 1.165) is 5.56 Å². The summed E-state index contributed by atoms with van der Waals surface area (Å²) in [6.07, 6.45) is 0. The van der Waals surface area contributed by atoms with Gasteiger partial charge in [0.05, 0.1) is 5.75 Å². The van der Waals surface area contributed by atoms with E-state index in [1.165, 1.54) is 48.2 Å². The Hall–Kier alpha value is -3.19. The smallest absolute Gasteiger partial charge is 0.255 e. The average Bonchev–Trinajstić information content (AvgIpc) is 3.11. The van der Waals surface area contributed by atoms with Gasteiger partial charge in [0.2, 0.25) is 5.91 Å². The Kier molecular flexibility index (Phi) is 5.31. The van der Waals surface area contributed by atoms with Crippen LogP contribution in [0.2, 0.25) is 0 Å². The molecule has 1 N–H and O–H groups in total. The van der Waals surface area contributed by atoms with Crippen molar-refractivity contribution in [3.63, 3.8) is 0 Å². The maximum atomic E-state index is 13.3. The van der Waals surface area contributed by atoms with Crippen molar-refractivity contribution in [3.8, 4) is 0 Å². The molecule has 0 spiro atoms. The number of carbonyl (C=O) groups is 2. The second kappa shape index (κ2) is 8.05. The number of rotatable bonds is 4. The SMILES string of the molecule is O=C(Nc1cccc([C@@H]2SCC(=O)N2c2ccc(F)cc2)c1)c1ccc(F)cc1. The van der Waals surface area contributed by atoms with Crippen LogP contribution in [0.15, 0.2) is 72.8 Å². The first-order chi connectivity index (χ1) is 14.0. The standard InChI is InChI=1S/C22H16F2N2O2S/c23-16-6-4-14(5-7-16)21(28)25-18-3-1-2-15(12-18)22-26(20(27)13-29-22)19-10-8-17(24)9-11-19/h1-12,22H,13H2,(H,25,28)/t22-/m0/s1. The number of thioether (sulfide) groups is 1. The number of hydrogen-bond acceptors (Lipinski definition) is 3. The minimum atomic E-state index is -0.410. The zero-order valence-electron chi connectivity index (χ0n) is 15.1. The fourth-order valence-electron chi connectivity index (χ4n) is 3.13. The Bertz CT molecular complexity index is 1060. The van der Waals surface area contributed by atoms with Crippen molar-refractivity contribution < 1.29 is 18.4 Å². The van der Waals surface area contributed by atoms with Gasteiger partial charge in [-0.15, -0.1) is 11.8 Å². The van der Waals surface area contributed by atoms with Gasteiger partial charge in [-0.2, -0.15) is 0 Å². The number of hydrogen-bond donors (Lipinski definition) is 1. The van der Waals surface area contributed by atoms with E-state index in [1.807, 2.05) is 6.07 Å². The molecule has 4 nitrogen and oxygen atoms in total. The Balaban J connectivity index is 1.57. The van der Waals surface area contributed by atoms with E-state index in [0.29, 0.717) is 22.7 Å². The number of nitrogens with zero attached hydrogens (tertiary/aromatic N) is 1. The number of halogens is 2. The minimum Gasteiger partial charge on any atom is -0.322 e. The van der Waals surface area contributed by atoms with E-state index in [4.69, 9.17) is 0 Å². The molecule has 0 aliphatic carbocycles. The van der Waals surface area contributed by atoms with Crippen molar-refractivity contribution in [1.82, 2.24) is 0 Å². The van der Waals surface area contributed by atoms with Crippen molar-refractivity contribution in [3.05, 3.63) is 95.6 Å². The summed E-state index contributed by atoms with van der Waals surface area (Å²) in [6, 6.07) is 18.3. The van der Waals surface area contributed by atoms with Crippen LogP contribution in [0.1, 0.15) is 21.3 Å². The molecule has 0 bridgehead atoms. The van der Waals surface area contributed by atoms with Gasteiger partial charge >= 0.3 is 0 Å². The topological polar surface area (TPSA) is 49.4 Å². The molecule has 1 atom stereocenters. The third-order valence-corrected chi connectivity index (χ3v) is 5.72. The number of benzene rings is 3. The van der Waals surface area contributed by atoms with E-state index >= 15 is 0 Å². The normalized spacial score (nSPS) is 16.1. The quantitative estimate of drug-likeness (QED) is 0.659. The predicted octanol–water partition coefficient (Wildman–Crippen LogP) is 5.00. The molecule has 3 aromatic rings. The number of amides is 2. The zero-order valence-corrected chi connectivity index (χ0v) is 16.0. The van der Waals surface area contributed by atoms with Gasteiger partial charge in [0.25, 0.3) is 5.91 Å². The molecule has 3 aromatic carbocycles. The Morgan fingerprint density at radius 3 is 2.31 bits per heavy atom. The maximum absolute atomic E-state index is 13.3. The van der Waals surface area contributed by atoms with Gasteiger partial charge in [-0.1, -0.05) is 12.1 Å². The Morgan fingerprint density at radius 1 is 0.966 bits per heavy atom. The highest BCUT2D eigenvalue weighted by atomic mass is 32.2. The lowest BCUT2D eigenvalue weighted by Crippen LogP contribution is -2.27. The minimum absolute atomic E-state index is 0.0626. The predicted molar refractivity (Wildman–Crippen MR) is 110 cm³/mol. The number of nitrogens with one attached hydrogen (secondary N) is 1. The highest BCUT2D eigenvalue weighted by Gasteiger charge is 2.34. The van der Waals surface area contributed by atoms with E-state index in [9.17, 15) is 18.4 Å². The molecule has 0 aromatic heterocycles. The van der Waals surface area contributed by atoms with Crippen LogP contribution >= 0.6 is 11.8 Å². The van der Waals surface area contributed by atoms with Gasteiger partial charge in [-0.25, -0.2) is 8.78 Å². The molecule has 29 heavy (non-hydrogen) atoms. The van der Waals surface area contributed by atoms with E-state index in [2.05, 4.69) is 5.32 Å². The van der Waals surface area contributed by atoms with E-state index < -0.39 is 5.82 Å². The first-order valence-corrected chi connectivity index (χ1v) is 9.92. The first kappa shape index (κ1) is 19.1. The van der Waals surface area contributed by atoms with Crippen LogP contribution in [0, 0.1) is 11.6 Å². The summed E-state index contributed by atoms with van der Waals surface area (Å²) in [5, 5.41) is 2.51. The lowest BCUT2D eigenvalue weighted by atomic mass is 10.1. The van der Waals surface area contributed by atoms with Gasteiger partial charge in [0.1, 0.15) is 17.0 Å². The van der Waals surface area contributed by atoms with Crippen molar-refractivity contribution in [2.75, 3.05) is 16.0 Å². The molecule has 0 radical (unpaired) electrons. The molecular weight excluding hydrogens is 394 g/mol. The van der Waals surface area contributed by atoms with Crippen molar-refractivity contribution in [1.29, 1.82) is 0 Å². The van der Waals surface area contributed by atoms with Crippen LogP contribution in [0.3, 0.4) is 0 Å². The molecule has 0 unspecified atom stereocenters. The molecule has 1 aliphatic rings. The zero-order chi connectivity index (χ0) is 20.4. The highest BCUT2D eigenvalue weighted by molar-refractivity contribution is 8.00. The van der Waals surface area contributed by atoms with Crippen molar-refractivity contribution in [2.45, 2.75) is 5.37 Å². The molecule has 0 saturated carbocycles. The van der Waals surface area contributed by atoms with Crippen LogP contribution in [-0.2, 0) is 4.79 Å². The van der Waals surface area contributed by atoms with Gasteiger partial charge in [-0.3, -0.25) is 14.5 Å². The average molecular weight is 410 g/mol. The summed E-state index contributed by atoms with van der Waals surface area (Å²) in [4.78, 5) is 26.4. The van der Waals surface area contributed by atoms with Crippen LogP contribution in [0.4, 0.5) is 20.2 Å². The maximum Gasteiger partial charge on any atom is 0.255 e. The van der Waals surface area contributed by atoms with E-state index in [-0.39, 0.29) is 23.0 Å². The molecule has 7 heteroatoms. The van der Waals surface area contributed by atoms with Gasteiger partial charge in [0, 0.05) is 16.9 Å². The summed E-state index contributed by atoms with van der Waals surface area (Å²) in [7, 11) is 0. The van der Waals surface area contributed by atoms with E-state index in [1.54, 1.807) is 35.2 Å². The molecule has 1 aliphatic heterocycles. The number of anilines is 2. The second-order valence-electron chi connectivity index (χ2n) is 6.49. The molecule has 1 saturated heterocycles. The van der Waals surface area contributed by atoms with Crippen LogP contribution in [0.25, 0.3) is 0 Å². The lowest BCUT2D eigenvalue weighted by Gasteiger charge is -2.24. The van der Waals surface area contributed by atoms with Crippen molar-refractivity contribution >= 4 is 35.0 Å². The summed E-state index contributed by atoms with van der Waals surface area (Å²) < 4.78 is 26.3. The summed E-state index contributed by atoms with van der Waals surface area (Å²) in [6.45, 7) is 0. The van der Waals surface area contributed by atoms with Crippen LogP contribution in [-0.4, -0.2) is 17.6 Å². The third kappa shape index (κ3) is 4.14. The van der Waals surface area contributed by atoms with Crippen LogP contribution in [0.5, 0.6) is 0 Å². The molecule has 2 amide bonds. The third-order valence-electron chi connectivity index (χ3n) is 4.51. The fourth-order valence-corrected chi connectivity index (χ4v) is 4.29.